The fourth-order valence-electron chi connectivity index (χ4n) is 1.87. The first-order valence-electron chi connectivity index (χ1n) is 5.75. The molecule has 0 saturated heterocycles. The van der Waals surface area contributed by atoms with E-state index in [-0.39, 0.29) is 0 Å². The molecule has 0 radical (unpaired) electrons. The number of nitrogens with zero attached hydrogens (tertiary/aromatic N) is 3. The fourth-order valence-corrected chi connectivity index (χ4v) is 1.87. The zero-order chi connectivity index (χ0) is 12.4. The highest BCUT2D eigenvalue weighted by Crippen LogP contribution is 2.23. The minimum atomic E-state index is 0.491. The molecule has 2 heterocycles. The third kappa shape index (κ3) is 1.84. The second-order valence-corrected chi connectivity index (χ2v) is 3.93. The standard InChI is InChI=1S/C13H12N4O/c14-7-5-11-16-13(17-18-11)12-10-4-2-1-3-9(10)6-8-15-12/h1-4,6,8H,5,7,14H2. The normalized spacial score (nSPS) is 10.9. The molecule has 5 heteroatoms. The highest BCUT2D eigenvalue weighted by Gasteiger charge is 2.12. The molecule has 0 fully saturated rings. The lowest BCUT2D eigenvalue weighted by Gasteiger charge is -2.00. The summed E-state index contributed by atoms with van der Waals surface area (Å²) in [6.45, 7) is 0.491. The Morgan fingerprint density at radius 2 is 2.06 bits per heavy atom. The Bertz CT molecular complexity index is 672. The maximum atomic E-state index is 5.46. The van der Waals surface area contributed by atoms with Gasteiger partial charge in [-0.3, -0.25) is 4.98 Å². The molecule has 0 amide bonds. The summed E-state index contributed by atoms with van der Waals surface area (Å²) in [6, 6.07) is 9.94. The van der Waals surface area contributed by atoms with Crippen molar-refractivity contribution in [3.8, 4) is 11.5 Å². The quantitative estimate of drug-likeness (QED) is 0.755. The lowest BCUT2D eigenvalue weighted by atomic mass is 10.1. The topological polar surface area (TPSA) is 77.8 Å². The lowest BCUT2D eigenvalue weighted by Crippen LogP contribution is -2.02. The molecule has 0 spiro atoms. The van der Waals surface area contributed by atoms with Gasteiger partial charge in [-0.15, -0.1) is 0 Å². The van der Waals surface area contributed by atoms with Crippen molar-refractivity contribution in [1.29, 1.82) is 0 Å². The van der Waals surface area contributed by atoms with Gasteiger partial charge in [0, 0.05) is 24.5 Å². The molecule has 0 atom stereocenters. The molecule has 5 nitrogen and oxygen atoms in total. The summed E-state index contributed by atoms with van der Waals surface area (Å²) in [4.78, 5) is 8.63. The number of benzene rings is 1. The highest BCUT2D eigenvalue weighted by molar-refractivity contribution is 5.92. The van der Waals surface area contributed by atoms with Crippen molar-refractivity contribution in [3.05, 3.63) is 42.4 Å². The van der Waals surface area contributed by atoms with Crippen LogP contribution in [0.3, 0.4) is 0 Å². The van der Waals surface area contributed by atoms with E-state index in [1.165, 1.54) is 0 Å². The Hall–Kier alpha value is -2.27. The molecule has 0 saturated carbocycles. The minimum Gasteiger partial charge on any atom is -0.339 e. The fraction of sp³-hybridized carbons (Fsp3) is 0.154. The van der Waals surface area contributed by atoms with Crippen LogP contribution >= 0.6 is 0 Å². The molecule has 1 aromatic carbocycles. The molecule has 0 bridgehead atoms. The number of hydrogen-bond acceptors (Lipinski definition) is 5. The molecule has 18 heavy (non-hydrogen) atoms. The van der Waals surface area contributed by atoms with Gasteiger partial charge in [0.2, 0.25) is 11.7 Å². The van der Waals surface area contributed by atoms with Gasteiger partial charge < -0.3 is 10.3 Å². The van der Waals surface area contributed by atoms with Gasteiger partial charge in [-0.25, -0.2) is 0 Å². The molecular formula is C13H12N4O. The third-order valence-corrected chi connectivity index (χ3v) is 2.71. The summed E-state index contributed by atoms with van der Waals surface area (Å²) in [6.07, 6.45) is 2.33. The van der Waals surface area contributed by atoms with Crippen LogP contribution in [0.1, 0.15) is 5.89 Å². The van der Waals surface area contributed by atoms with E-state index in [1.807, 2.05) is 30.3 Å². The number of hydrogen-bond donors (Lipinski definition) is 1. The second kappa shape index (κ2) is 4.54. The number of rotatable bonds is 3. The van der Waals surface area contributed by atoms with Crippen LogP contribution in [0.5, 0.6) is 0 Å². The molecule has 0 aliphatic heterocycles. The predicted octanol–water partition coefficient (Wildman–Crippen LogP) is 1.79. The van der Waals surface area contributed by atoms with Crippen LogP contribution < -0.4 is 5.73 Å². The van der Waals surface area contributed by atoms with Crippen molar-refractivity contribution in [2.75, 3.05) is 6.54 Å². The SMILES string of the molecule is NCCc1nc(-c2nccc3ccccc23)no1. The van der Waals surface area contributed by atoms with E-state index in [1.54, 1.807) is 6.20 Å². The molecule has 0 aliphatic rings. The third-order valence-electron chi connectivity index (χ3n) is 2.71. The summed E-state index contributed by atoms with van der Waals surface area (Å²) >= 11 is 0. The second-order valence-electron chi connectivity index (χ2n) is 3.93. The van der Waals surface area contributed by atoms with Crippen LogP contribution in [0.15, 0.2) is 41.1 Å². The van der Waals surface area contributed by atoms with Gasteiger partial charge in [0.25, 0.3) is 0 Å². The molecule has 90 valence electrons. The summed E-state index contributed by atoms with van der Waals surface area (Å²) < 4.78 is 5.13. The van der Waals surface area contributed by atoms with Crippen LogP contribution in [0.25, 0.3) is 22.3 Å². The van der Waals surface area contributed by atoms with Crippen molar-refractivity contribution in [3.63, 3.8) is 0 Å². The highest BCUT2D eigenvalue weighted by atomic mass is 16.5. The summed E-state index contributed by atoms with van der Waals surface area (Å²) in [5, 5.41) is 6.07. The van der Waals surface area contributed by atoms with E-state index in [9.17, 15) is 0 Å². The maximum Gasteiger partial charge on any atom is 0.228 e. The van der Waals surface area contributed by atoms with Gasteiger partial charge in [-0.2, -0.15) is 4.98 Å². The van der Waals surface area contributed by atoms with Crippen LogP contribution in [0.4, 0.5) is 0 Å². The summed E-state index contributed by atoms with van der Waals surface area (Å²) in [7, 11) is 0. The first kappa shape index (κ1) is 10.9. The Morgan fingerprint density at radius 1 is 1.17 bits per heavy atom. The average Bonchev–Trinajstić information content (AvgIpc) is 2.87. The van der Waals surface area contributed by atoms with Gasteiger partial charge in [0.1, 0.15) is 5.69 Å². The maximum absolute atomic E-state index is 5.46. The minimum absolute atomic E-state index is 0.491. The Balaban J connectivity index is 2.12. The van der Waals surface area contributed by atoms with E-state index in [4.69, 9.17) is 10.3 Å². The predicted molar refractivity (Wildman–Crippen MR) is 67.8 cm³/mol. The first-order chi connectivity index (χ1) is 8.88. The molecule has 3 rings (SSSR count). The van der Waals surface area contributed by atoms with Crippen LogP contribution in [-0.2, 0) is 6.42 Å². The van der Waals surface area contributed by atoms with E-state index in [0.717, 1.165) is 16.5 Å². The average molecular weight is 240 g/mol. The number of aromatic nitrogens is 3. The number of pyridine rings is 1. The van der Waals surface area contributed by atoms with Crippen molar-refractivity contribution in [2.45, 2.75) is 6.42 Å². The van der Waals surface area contributed by atoms with E-state index >= 15 is 0 Å². The summed E-state index contributed by atoms with van der Waals surface area (Å²) in [5.74, 6) is 1.05. The van der Waals surface area contributed by atoms with Crippen molar-refractivity contribution >= 4 is 10.8 Å². The van der Waals surface area contributed by atoms with Gasteiger partial charge in [-0.05, 0) is 11.5 Å². The number of nitrogens with two attached hydrogens (primary N) is 1. The van der Waals surface area contributed by atoms with Crippen LogP contribution in [0, 0.1) is 0 Å². The lowest BCUT2D eigenvalue weighted by molar-refractivity contribution is 0.380. The summed E-state index contributed by atoms with van der Waals surface area (Å²) in [5.41, 5.74) is 6.19. The van der Waals surface area contributed by atoms with E-state index in [2.05, 4.69) is 15.1 Å². The molecule has 2 N–H and O–H groups in total. The van der Waals surface area contributed by atoms with Gasteiger partial charge >= 0.3 is 0 Å². The zero-order valence-electron chi connectivity index (χ0n) is 9.71. The monoisotopic (exact) mass is 240 g/mol. The zero-order valence-corrected chi connectivity index (χ0v) is 9.71. The molecule has 0 unspecified atom stereocenters. The van der Waals surface area contributed by atoms with Crippen LogP contribution in [-0.4, -0.2) is 21.7 Å². The van der Waals surface area contributed by atoms with Crippen molar-refractivity contribution < 1.29 is 4.52 Å². The first-order valence-corrected chi connectivity index (χ1v) is 5.75. The van der Waals surface area contributed by atoms with Crippen molar-refractivity contribution in [2.24, 2.45) is 5.73 Å². The van der Waals surface area contributed by atoms with Crippen molar-refractivity contribution in [1.82, 2.24) is 15.1 Å². The van der Waals surface area contributed by atoms with E-state index in [0.29, 0.717) is 24.7 Å². The smallest absolute Gasteiger partial charge is 0.228 e. The van der Waals surface area contributed by atoms with E-state index < -0.39 is 0 Å². The number of fused-ring (bicyclic) bond motifs is 1. The van der Waals surface area contributed by atoms with Gasteiger partial charge in [-0.1, -0.05) is 29.4 Å². The van der Waals surface area contributed by atoms with Gasteiger partial charge in [0.15, 0.2) is 0 Å². The Labute approximate surface area is 104 Å². The molecule has 3 aromatic rings. The Kier molecular flexibility index (Phi) is 2.74. The molecule has 0 aliphatic carbocycles. The largest absolute Gasteiger partial charge is 0.339 e. The molecule has 2 aromatic heterocycles. The van der Waals surface area contributed by atoms with Crippen LogP contribution in [0.2, 0.25) is 0 Å². The Morgan fingerprint density at radius 3 is 2.94 bits per heavy atom. The molecular weight excluding hydrogens is 228 g/mol. The van der Waals surface area contributed by atoms with Gasteiger partial charge in [0.05, 0.1) is 0 Å².